The van der Waals surface area contributed by atoms with Crippen molar-refractivity contribution in [3.05, 3.63) is 101 Å². The number of sulfonamides is 1. The van der Waals surface area contributed by atoms with E-state index in [9.17, 15) is 22.8 Å². The Morgan fingerprint density at radius 2 is 1.50 bits per heavy atom. The van der Waals surface area contributed by atoms with Crippen molar-refractivity contribution in [1.82, 2.24) is 21.3 Å². The smallest absolute Gasteiger partial charge is 0.251 e. The summed E-state index contributed by atoms with van der Waals surface area (Å²) in [4.78, 5) is 40.4. The summed E-state index contributed by atoms with van der Waals surface area (Å²) in [5, 5.41) is 12.5. The molecule has 0 bridgehead atoms. The second kappa shape index (κ2) is 17.3. The average Bonchev–Trinajstić information content (AvgIpc) is 3.05. The molecule has 1 aliphatic carbocycles. The molecule has 1 aliphatic rings. The molecule has 4 N–H and O–H groups in total. The van der Waals surface area contributed by atoms with Crippen LogP contribution >= 0.6 is 0 Å². The molecule has 10 nitrogen and oxygen atoms in total. The third-order valence-corrected chi connectivity index (χ3v) is 10.1. The molecule has 3 aromatic carbocycles. The zero-order chi connectivity index (χ0) is 34.7. The maximum Gasteiger partial charge on any atom is 0.251 e. The first-order valence-corrected chi connectivity index (χ1v) is 18.6. The predicted molar refractivity (Wildman–Crippen MR) is 190 cm³/mol. The fourth-order valence-electron chi connectivity index (χ4n) is 5.66. The summed E-state index contributed by atoms with van der Waals surface area (Å²) in [6.07, 6.45) is 6.54. The highest BCUT2D eigenvalue weighted by Crippen LogP contribution is 2.25. The molecule has 3 amide bonds. The zero-order valence-electron chi connectivity index (χ0n) is 28.4. The van der Waals surface area contributed by atoms with Gasteiger partial charge in [0.1, 0.15) is 0 Å². The number of carbonyl (C=O) groups is 3. The van der Waals surface area contributed by atoms with Gasteiger partial charge in [0.15, 0.2) is 0 Å². The van der Waals surface area contributed by atoms with Crippen LogP contribution in [0, 0.1) is 5.92 Å². The van der Waals surface area contributed by atoms with Crippen LogP contribution in [-0.2, 0) is 21.2 Å². The molecule has 0 aromatic heterocycles. The van der Waals surface area contributed by atoms with Gasteiger partial charge in [0.2, 0.25) is 15.9 Å². The monoisotopic (exact) mass is 675 g/mol. The first-order valence-electron chi connectivity index (χ1n) is 16.7. The van der Waals surface area contributed by atoms with Crippen molar-refractivity contribution >= 4 is 33.4 Å². The molecule has 3 atom stereocenters. The van der Waals surface area contributed by atoms with E-state index in [-0.39, 0.29) is 28.8 Å². The van der Waals surface area contributed by atoms with Gasteiger partial charge in [-0.1, -0.05) is 80.4 Å². The summed E-state index contributed by atoms with van der Waals surface area (Å²) in [6, 6.07) is 22.5. The first-order chi connectivity index (χ1) is 22.9. The van der Waals surface area contributed by atoms with Gasteiger partial charge in [0, 0.05) is 37.3 Å². The summed E-state index contributed by atoms with van der Waals surface area (Å²) < 4.78 is 26.0. The lowest BCUT2D eigenvalue weighted by Gasteiger charge is -2.27. The van der Waals surface area contributed by atoms with E-state index in [0.717, 1.165) is 41.0 Å². The van der Waals surface area contributed by atoms with Crippen molar-refractivity contribution in [2.75, 3.05) is 30.7 Å². The van der Waals surface area contributed by atoms with Crippen LogP contribution in [0.1, 0.15) is 83.8 Å². The SMILES string of the molecule is CCC[C@H](NC[C@H](Cc1ccccc1)NC(=O)c1cc(C(=O)N[C@H](C)c2ccccc2)cc(N(C)S(C)(=O)=O)c1)C(=O)NCC1CCC1. The van der Waals surface area contributed by atoms with Crippen LogP contribution in [0.3, 0.4) is 0 Å². The minimum atomic E-state index is -3.69. The van der Waals surface area contributed by atoms with Gasteiger partial charge in [-0.15, -0.1) is 0 Å². The number of carbonyl (C=O) groups excluding carboxylic acids is 3. The van der Waals surface area contributed by atoms with E-state index >= 15 is 0 Å². The number of hydrogen-bond donors (Lipinski definition) is 4. The number of anilines is 1. The third kappa shape index (κ3) is 10.6. The molecule has 3 aromatic rings. The molecule has 11 heteroatoms. The van der Waals surface area contributed by atoms with E-state index in [2.05, 4.69) is 21.3 Å². The van der Waals surface area contributed by atoms with Crippen LogP contribution < -0.4 is 25.6 Å². The molecule has 0 radical (unpaired) electrons. The van der Waals surface area contributed by atoms with Gasteiger partial charge in [-0.25, -0.2) is 8.42 Å². The highest BCUT2D eigenvalue weighted by molar-refractivity contribution is 7.92. The van der Waals surface area contributed by atoms with Crippen LogP contribution in [-0.4, -0.2) is 64.6 Å². The van der Waals surface area contributed by atoms with Crippen LogP contribution in [0.2, 0.25) is 0 Å². The van der Waals surface area contributed by atoms with Gasteiger partial charge in [0.05, 0.1) is 24.0 Å². The molecule has 0 saturated heterocycles. The minimum Gasteiger partial charge on any atom is -0.354 e. The standard InChI is InChI=1S/C37H49N5O5S/c1-5-13-34(37(45)39-24-28-16-12-17-28)38-25-32(20-27-14-8-6-9-15-27)41-36(44)31-21-30(22-33(23-31)42(3)48(4,46)47)35(43)40-26(2)29-18-10-7-11-19-29/h6-11,14-15,18-19,21-23,26,28,32,34,38H,5,12-13,16-17,20,24-25H2,1-4H3,(H,39,45)(H,40,43)(H,41,44)/t26-,32+,34+/m1/s1. The number of hydrogen-bond acceptors (Lipinski definition) is 6. The molecule has 0 heterocycles. The van der Waals surface area contributed by atoms with E-state index in [1.54, 1.807) is 0 Å². The summed E-state index contributed by atoms with van der Waals surface area (Å²) in [5.41, 5.74) is 2.39. The number of benzene rings is 3. The Morgan fingerprint density at radius 1 is 0.896 bits per heavy atom. The average molecular weight is 676 g/mol. The van der Waals surface area contributed by atoms with E-state index < -0.39 is 33.9 Å². The van der Waals surface area contributed by atoms with E-state index in [4.69, 9.17) is 0 Å². The van der Waals surface area contributed by atoms with Crippen molar-refractivity contribution < 1.29 is 22.8 Å². The Labute approximate surface area is 285 Å². The Balaban J connectivity index is 1.56. The van der Waals surface area contributed by atoms with E-state index in [0.29, 0.717) is 31.8 Å². The first kappa shape index (κ1) is 36.6. The minimum absolute atomic E-state index is 0.0366. The maximum absolute atomic E-state index is 13.9. The van der Waals surface area contributed by atoms with Gasteiger partial charge in [-0.3, -0.25) is 18.7 Å². The van der Waals surface area contributed by atoms with Crippen molar-refractivity contribution in [2.24, 2.45) is 5.92 Å². The van der Waals surface area contributed by atoms with Crippen LogP contribution in [0.5, 0.6) is 0 Å². The van der Waals surface area contributed by atoms with Gasteiger partial charge >= 0.3 is 0 Å². The summed E-state index contributed by atoms with van der Waals surface area (Å²) >= 11 is 0. The second-order valence-corrected chi connectivity index (χ2v) is 14.8. The largest absolute Gasteiger partial charge is 0.354 e. The van der Waals surface area contributed by atoms with Crippen molar-refractivity contribution in [3.63, 3.8) is 0 Å². The van der Waals surface area contributed by atoms with Crippen molar-refractivity contribution in [2.45, 2.75) is 70.5 Å². The topological polar surface area (TPSA) is 137 Å². The normalized spacial score (nSPS) is 15.0. The highest BCUT2D eigenvalue weighted by Gasteiger charge is 2.25. The lowest BCUT2D eigenvalue weighted by Crippen LogP contribution is -2.51. The summed E-state index contributed by atoms with van der Waals surface area (Å²) in [7, 11) is -2.31. The van der Waals surface area contributed by atoms with Crippen molar-refractivity contribution in [1.29, 1.82) is 0 Å². The Bertz CT molecular complexity index is 1630. The molecule has 0 unspecified atom stereocenters. The Hall–Kier alpha value is -4.22. The fourth-order valence-corrected chi connectivity index (χ4v) is 6.15. The lowest BCUT2D eigenvalue weighted by molar-refractivity contribution is -0.123. The molecule has 1 fully saturated rings. The molecular formula is C37H49N5O5S. The Morgan fingerprint density at radius 3 is 2.06 bits per heavy atom. The molecular weight excluding hydrogens is 627 g/mol. The summed E-state index contributed by atoms with van der Waals surface area (Å²) in [5.74, 6) is -0.395. The molecule has 48 heavy (non-hydrogen) atoms. The highest BCUT2D eigenvalue weighted by atomic mass is 32.2. The molecule has 1 saturated carbocycles. The van der Waals surface area contributed by atoms with Crippen LogP contribution in [0.25, 0.3) is 0 Å². The zero-order valence-corrected chi connectivity index (χ0v) is 29.2. The second-order valence-electron chi connectivity index (χ2n) is 12.8. The molecule has 4 rings (SSSR count). The summed E-state index contributed by atoms with van der Waals surface area (Å²) in [6.45, 7) is 4.90. The number of amides is 3. The number of nitrogens with zero attached hydrogens (tertiary/aromatic N) is 1. The van der Waals surface area contributed by atoms with Crippen molar-refractivity contribution in [3.8, 4) is 0 Å². The van der Waals surface area contributed by atoms with Gasteiger partial charge in [-0.2, -0.15) is 0 Å². The number of rotatable bonds is 17. The maximum atomic E-state index is 13.9. The van der Waals surface area contributed by atoms with Gasteiger partial charge in [0.25, 0.3) is 11.8 Å². The lowest BCUT2D eigenvalue weighted by atomic mass is 9.85. The number of nitrogens with one attached hydrogen (secondary N) is 4. The van der Waals surface area contributed by atoms with Crippen LogP contribution in [0.15, 0.2) is 78.9 Å². The molecule has 258 valence electrons. The predicted octanol–water partition coefficient (Wildman–Crippen LogP) is 4.59. The quantitative estimate of drug-likeness (QED) is 0.165. The van der Waals surface area contributed by atoms with E-state index in [1.165, 1.54) is 31.7 Å². The van der Waals surface area contributed by atoms with E-state index in [1.807, 2.05) is 74.5 Å². The van der Waals surface area contributed by atoms with Crippen LogP contribution in [0.4, 0.5) is 5.69 Å². The fraction of sp³-hybridized carbons (Fsp3) is 0.432. The Kier molecular flexibility index (Phi) is 13.2. The van der Waals surface area contributed by atoms with Gasteiger partial charge < -0.3 is 21.3 Å². The van der Waals surface area contributed by atoms with Gasteiger partial charge in [-0.05, 0) is 67.9 Å². The molecule has 0 aliphatic heterocycles. The third-order valence-electron chi connectivity index (χ3n) is 8.90. The molecule has 0 spiro atoms.